The topological polar surface area (TPSA) is 66.8 Å². The minimum absolute atomic E-state index is 0.0526. The fraction of sp³-hybridized carbons (Fsp3) is 0.680. The van der Waals surface area contributed by atoms with E-state index in [9.17, 15) is 14.7 Å². The maximum Gasteiger partial charge on any atom is 0.326 e. The van der Waals surface area contributed by atoms with Gasteiger partial charge in [0.2, 0.25) is 0 Å². The van der Waals surface area contributed by atoms with Gasteiger partial charge in [-0.1, -0.05) is 13.8 Å². The second-order valence-corrected chi connectivity index (χ2v) is 10.7. The molecular weight excluding hydrogens is 397 g/mol. The highest BCUT2D eigenvalue weighted by molar-refractivity contribution is 5.97. The van der Waals surface area contributed by atoms with Crippen LogP contribution in [0.3, 0.4) is 0 Å². The maximum absolute atomic E-state index is 15.1. The van der Waals surface area contributed by atoms with Crippen LogP contribution >= 0.6 is 0 Å². The highest BCUT2D eigenvalue weighted by Crippen LogP contribution is 2.65. The first-order chi connectivity index (χ1) is 14.8. The summed E-state index contributed by atoms with van der Waals surface area (Å²) in [5.41, 5.74) is 1.00. The Morgan fingerprint density at radius 1 is 1.23 bits per heavy atom. The van der Waals surface area contributed by atoms with Crippen molar-refractivity contribution in [1.82, 2.24) is 4.90 Å². The summed E-state index contributed by atoms with van der Waals surface area (Å²) in [6.07, 6.45) is 7.50. The third-order valence-electron chi connectivity index (χ3n) is 8.42. The molecule has 3 atom stereocenters. The monoisotopic (exact) mass is 429 g/mol. The van der Waals surface area contributed by atoms with E-state index in [1.807, 2.05) is 13.8 Å². The molecule has 31 heavy (non-hydrogen) atoms. The van der Waals surface area contributed by atoms with Crippen molar-refractivity contribution in [3.8, 4) is 5.75 Å². The standard InChI is InChI=1S/C25H32FNO4/c1-14(2)18-9-19(23(28)27-5-3-4-21(27)24(29)30)20(26)10-22(18)31-13-25-11-15-6-16(12-25)8-17(25)7-15/h9-10,14-17,21H,3-8,11-13H2,1-2H3,(H,29,30)/t15?,16?,17?,21-,25?/m0/s1. The molecule has 1 aliphatic heterocycles. The quantitative estimate of drug-likeness (QED) is 0.702. The Kier molecular flexibility index (Phi) is 5.02. The van der Waals surface area contributed by atoms with Gasteiger partial charge in [0.05, 0.1) is 12.2 Å². The molecule has 1 heterocycles. The lowest BCUT2D eigenvalue weighted by Crippen LogP contribution is -2.40. The molecule has 1 aromatic rings. The third kappa shape index (κ3) is 3.42. The summed E-state index contributed by atoms with van der Waals surface area (Å²) in [5, 5.41) is 9.40. The summed E-state index contributed by atoms with van der Waals surface area (Å²) in [6, 6.07) is 2.06. The number of hydrogen-bond donors (Lipinski definition) is 1. The fourth-order valence-corrected chi connectivity index (χ4v) is 7.15. The summed E-state index contributed by atoms with van der Waals surface area (Å²) in [5.74, 6) is 0.806. The molecule has 1 amide bonds. The lowest BCUT2D eigenvalue weighted by atomic mass is 9.76. The number of halogens is 1. The van der Waals surface area contributed by atoms with E-state index in [1.165, 1.54) is 43.1 Å². The first-order valence-corrected chi connectivity index (χ1v) is 11.8. The average Bonchev–Trinajstić information content (AvgIpc) is 3.36. The zero-order chi connectivity index (χ0) is 21.9. The lowest BCUT2D eigenvalue weighted by molar-refractivity contribution is -0.141. The largest absolute Gasteiger partial charge is 0.493 e. The van der Waals surface area contributed by atoms with Gasteiger partial charge in [-0.15, -0.1) is 0 Å². The van der Waals surface area contributed by atoms with E-state index < -0.39 is 23.7 Å². The van der Waals surface area contributed by atoms with Crippen LogP contribution in [0.15, 0.2) is 12.1 Å². The zero-order valence-electron chi connectivity index (χ0n) is 18.4. The van der Waals surface area contributed by atoms with Crippen LogP contribution in [0, 0.1) is 29.0 Å². The molecule has 0 spiro atoms. The van der Waals surface area contributed by atoms with Crippen LogP contribution in [-0.2, 0) is 4.79 Å². The molecule has 168 valence electrons. The number of benzene rings is 1. The van der Waals surface area contributed by atoms with Gasteiger partial charge >= 0.3 is 5.97 Å². The first kappa shape index (κ1) is 20.8. The van der Waals surface area contributed by atoms with Crippen LogP contribution in [0.25, 0.3) is 0 Å². The maximum atomic E-state index is 15.1. The third-order valence-corrected chi connectivity index (χ3v) is 8.42. The van der Waals surface area contributed by atoms with Gasteiger partial charge in [-0.05, 0) is 80.2 Å². The molecule has 2 unspecified atom stereocenters. The van der Waals surface area contributed by atoms with Gasteiger partial charge in [-0.25, -0.2) is 9.18 Å². The van der Waals surface area contributed by atoms with E-state index in [0.717, 1.165) is 23.3 Å². The Bertz CT molecular complexity index is 899. The first-order valence-electron chi connectivity index (χ1n) is 11.8. The molecule has 1 saturated heterocycles. The van der Waals surface area contributed by atoms with Gasteiger partial charge in [0.25, 0.3) is 5.91 Å². The Morgan fingerprint density at radius 3 is 2.58 bits per heavy atom. The number of ether oxygens (including phenoxy) is 1. The Labute approximate surface area is 182 Å². The SMILES string of the molecule is CC(C)c1cc(C(=O)N2CCC[C@H]2C(=O)O)c(F)cc1OCC12CC3CC(CC1C3)C2. The fourth-order valence-electron chi connectivity index (χ4n) is 7.15. The van der Waals surface area contributed by atoms with E-state index in [4.69, 9.17) is 4.74 Å². The number of carboxylic acid groups (broad SMARTS) is 1. The molecule has 4 saturated carbocycles. The molecule has 4 aliphatic carbocycles. The van der Waals surface area contributed by atoms with Crippen molar-refractivity contribution in [1.29, 1.82) is 0 Å². The molecule has 6 rings (SSSR count). The van der Waals surface area contributed by atoms with Gasteiger partial charge in [0.1, 0.15) is 17.6 Å². The molecule has 0 aromatic heterocycles. The summed E-state index contributed by atoms with van der Waals surface area (Å²) in [7, 11) is 0. The van der Waals surface area contributed by atoms with Crippen LogP contribution in [-0.4, -0.2) is 41.1 Å². The zero-order valence-corrected chi connectivity index (χ0v) is 18.4. The van der Waals surface area contributed by atoms with Crippen LogP contribution in [0.4, 0.5) is 4.39 Å². The number of hydrogen-bond acceptors (Lipinski definition) is 3. The Morgan fingerprint density at radius 2 is 1.94 bits per heavy atom. The van der Waals surface area contributed by atoms with Crippen LogP contribution in [0.2, 0.25) is 0 Å². The van der Waals surface area contributed by atoms with Crippen molar-refractivity contribution < 1.29 is 23.8 Å². The number of nitrogens with zero attached hydrogens (tertiary/aromatic N) is 1. The van der Waals surface area contributed by atoms with Gasteiger partial charge in [-0.3, -0.25) is 4.79 Å². The molecular formula is C25H32FNO4. The van der Waals surface area contributed by atoms with Gasteiger partial charge in [0, 0.05) is 18.0 Å². The number of rotatable bonds is 6. The van der Waals surface area contributed by atoms with Crippen LogP contribution in [0.1, 0.15) is 80.6 Å². The second kappa shape index (κ2) is 7.49. The number of amides is 1. The number of carboxylic acids is 1. The minimum atomic E-state index is -1.03. The lowest BCUT2D eigenvalue weighted by Gasteiger charge is -2.33. The second-order valence-electron chi connectivity index (χ2n) is 10.7. The summed E-state index contributed by atoms with van der Waals surface area (Å²) >= 11 is 0. The molecule has 5 nitrogen and oxygen atoms in total. The van der Waals surface area contributed by atoms with Crippen molar-refractivity contribution >= 4 is 11.9 Å². The highest BCUT2D eigenvalue weighted by atomic mass is 19.1. The van der Waals surface area contributed by atoms with E-state index in [0.29, 0.717) is 31.7 Å². The van der Waals surface area contributed by atoms with Crippen LogP contribution in [0.5, 0.6) is 5.75 Å². The molecule has 5 fully saturated rings. The predicted octanol–water partition coefficient (Wildman–Crippen LogP) is 4.84. The van der Waals surface area contributed by atoms with Crippen molar-refractivity contribution in [2.75, 3.05) is 13.2 Å². The van der Waals surface area contributed by atoms with Crippen molar-refractivity contribution in [3.05, 3.63) is 29.1 Å². The van der Waals surface area contributed by atoms with Gasteiger partial charge in [0.15, 0.2) is 0 Å². The molecule has 1 N–H and O–H groups in total. The normalized spacial score (nSPS) is 33.5. The molecule has 4 bridgehead atoms. The molecule has 1 aromatic carbocycles. The molecule has 5 aliphatic rings. The highest BCUT2D eigenvalue weighted by Gasteiger charge is 2.58. The number of carbonyl (C=O) groups is 2. The summed E-state index contributed by atoms with van der Waals surface area (Å²) in [6.45, 7) is 4.98. The van der Waals surface area contributed by atoms with E-state index >= 15 is 4.39 Å². The Balaban J connectivity index is 1.39. The summed E-state index contributed by atoms with van der Waals surface area (Å²) in [4.78, 5) is 25.8. The van der Waals surface area contributed by atoms with E-state index in [1.54, 1.807) is 6.07 Å². The van der Waals surface area contributed by atoms with E-state index in [-0.39, 0.29) is 16.9 Å². The molecule has 0 radical (unpaired) electrons. The minimum Gasteiger partial charge on any atom is -0.493 e. The Hall–Kier alpha value is -2.11. The van der Waals surface area contributed by atoms with Crippen molar-refractivity contribution in [3.63, 3.8) is 0 Å². The predicted molar refractivity (Wildman–Crippen MR) is 114 cm³/mol. The van der Waals surface area contributed by atoms with Crippen LogP contribution < -0.4 is 4.74 Å². The number of carbonyl (C=O) groups excluding carboxylic acids is 1. The average molecular weight is 430 g/mol. The molecule has 6 heteroatoms. The number of aliphatic carboxylic acids is 1. The smallest absolute Gasteiger partial charge is 0.326 e. The van der Waals surface area contributed by atoms with Gasteiger partial charge in [-0.2, -0.15) is 0 Å². The van der Waals surface area contributed by atoms with Crippen molar-refractivity contribution in [2.24, 2.45) is 23.2 Å². The summed E-state index contributed by atoms with van der Waals surface area (Å²) < 4.78 is 21.4. The van der Waals surface area contributed by atoms with Gasteiger partial charge < -0.3 is 14.7 Å². The van der Waals surface area contributed by atoms with Crippen molar-refractivity contribution in [2.45, 2.75) is 70.8 Å². The number of likely N-dealkylation sites (tertiary alicyclic amines) is 1. The van der Waals surface area contributed by atoms with E-state index in [2.05, 4.69) is 0 Å².